The van der Waals surface area contributed by atoms with Gasteiger partial charge in [0.05, 0.1) is 17.5 Å². The molecular formula is C22H25F3N4O3. The molecule has 0 saturated heterocycles. The zero-order valence-corrected chi connectivity index (χ0v) is 17.7. The van der Waals surface area contributed by atoms with Crippen LogP contribution in [0.1, 0.15) is 59.3 Å². The predicted molar refractivity (Wildman–Crippen MR) is 113 cm³/mol. The number of alkyl halides is 3. The number of aryl methyl sites for hydroxylation is 1. The molecule has 3 rings (SSSR count). The third kappa shape index (κ3) is 4.46. The van der Waals surface area contributed by atoms with E-state index < -0.39 is 35.6 Å². The van der Waals surface area contributed by atoms with Crippen LogP contribution in [0.4, 0.5) is 19.0 Å². The fourth-order valence-electron chi connectivity index (χ4n) is 3.12. The van der Waals surface area contributed by atoms with Crippen LogP contribution in [0.2, 0.25) is 0 Å². The number of hydrogen-bond donors (Lipinski definition) is 3. The zero-order chi connectivity index (χ0) is 26.6. The van der Waals surface area contributed by atoms with Crippen molar-refractivity contribution in [3.63, 3.8) is 0 Å². The quantitative estimate of drug-likeness (QED) is 0.490. The molecule has 0 bridgehead atoms. The number of halogens is 3. The number of anilines is 1. The van der Waals surface area contributed by atoms with Crippen LogP contribution in [0.25, 0.3) is 16.9 Å². The Bertz CT molecular complexity index is 1280. The van der Waals surface area contributed by atoms with Crippen molar-refractivity contribution >= 4 is 17.2 Å². The van der Waals surface area contributed by atoms with Gasteiger partial charge in [0.15, 0.2) is 22.8 Å². The number of hydrogen-bond acceptors (Lipinski definition) is 6. The number of imidazole rings is 1. The Kier molecular flexibility index (Phi) is 4.83. The number of nitrogens with two attached hydrogens (primary N) is 1. The van der Waals surface area contributed by atoms with Crippen molar-refractivity contribution in [1.29, 1.82) is 0 Å². The smallest absolute Gasteiger partial charge is 0.390 e. The van der Waals surface area contributed by atoms with Crippen LogP contribution < -0.4 is 5.73 Å². The number of nitrogens with zero attached hydrogens (tertiary/aromatic N) is 3. The lowest BCUT2D eigenvalue weighted by Crippen LogP contribution is -2.39. The number of fused-ring (bicyclic) bond motifs is 1. The first-order valence-corrected chi connectivity index (χ1v) is 9.66. The Hall–Kier alpha value is -2.98. The fraction of sp³-hybridized carbons (Fsp3) is 0.409. The second-order valence-corrected chi connectivity index (χ2v) is 8.41. The number of benzene rings is 1. The lowest BCUT2D eigenvalue weighted by atomic mass is 9.91. The molecule has 0 radical (unpaired) electrons. The first-order chi connectivity index (χ1) is 15.8. The highest BCUT2D eigenvalue weighted by molar-refractivity contribution is 5.95. The van der Waals surface area contributed by atoms with Gasteiger partial charge in [-0.2, -0.15) is 13.2 Å². The molecule has 0 aliphatic carbocycles. The van der Waals surface area contributed by atoms with Gasteiger partial charge in [-0.15, -0.1) is 0 Å². The molecule has 172 valence electrons. The monoisotopic (exact) mass is 453 g/mol. The molecule has 2 aromatic heterocycles. The minimum Gasteiger partial charge on any atom is -0.390 e. The lowest BCUT2D eigenvalue weighted by Gasteiger charge is -2.27. The van der Waals surface area contributed by atoms with Gasteiger partial charge >= 0.3 is 6.18 Å². The van der Waals surface area contributed by atoms with Crippen molar-refractivity contribution in [3.05, 3.63) is 47.4 Å². The third-order valence-electron chi connectivity index (χ3n) is 5.18. The van der Waals surface area contributed by atoms with Crippen molar-refractivity contribution in [2.75, 3.05) is 5.73 Å². The average molecular weight is 453 g/mol. The van der Waals surface area contributed by atoms with E-state index in [4.69, 9.17) is 9.85 Å². The molecule has 0 fully saturated rings. The van der Waals surface area contributed by atoms with Gasteiger partial charge in [-0.3, -0.25) is 9.20 Å². The molecule has 0 aliphatic heterocycles. The van der Waals surface area contributed by atoms with Gasteiger partial charge in [0, 0.05) is 22.3 Å². The molecule has 1 atom stereocenters. The fourth-order valence-corrected chi connectivity index (χ4v) is 3.12. The lowest BCUT2D eigenvalue weighted by molar-refractivity contribution is -0.258. The van der Waals surface area contributed by atoms with Crippen LogP contribution in [-0.2, 0) is 5.60 Å². The summed E-state index contributed by atoms with van der Waals surface area (Å²) in [6.45, 7) is 0.930. The highest BCUT2D eigenvalue weighted by atomic mass is 19.4. The van der Waals surface area contributed by atoms with E-state index in [1.807, 2.05) is 0 Å². The van der Waals surface area contributed by atoms with E-state index in [0.717, 1.165) is 18.2 Å². The van der Waals surface area contributed by atoms with Crippen LogP contribution in [0.5, 0.6) is 0 Å². The van der Waals surface area contributed by atoms with Gasteiger partial charge in [-0.25, -0.2) is 9.97 Å². The molecule has 32 heavy (non-hydrogen) atoms. The molecule has 3 aromatic rings. The Morgan fingerprint density at radius 2 is 1.94 bits per heavy atom. The predicted octanol–water partition coefficient (Wildman–Crippen LogP) is 3.79. The molecule has 10 heteroatoms. The SMILES string of the molecule is [2H]C([2H])([2H])c1ccc(C(C)(O)C(F)(F)F)cc1-c1cnc2c(N)nc(C(=O)CCC(C)(C)O)cn12. The minimum absolute atomic E-state index is 0.0385. The molecule has 7 nitrogen and oxygen atoms in total. The highest BCUT2D eigenvalue weighted by Gasteiger charge is 2.51. The van der Waals surface area contributed by atoms with E-state index in [0.29, 0.717) is 6.92 Å². The number of nitrogen functional groups attached to an aromatic ring is 1. The van der Waals surface area contributed by atoms with Gasteiger partial charge in [-0.1, -0.05) is 12.1 Å². The van der Waals surface area contributed by atoms with Gasteiger partial charge in [0.25, 0.3) is 0 Å². The summed E-state index contributed by atoms with van der Waals surface area (Å²) in [5.41, 5.74) is 0.586. The average Bonchev–Trinajstić information content (AvgIpc) is 3.14. The standard InChI is InChI=1S/C22H25F3N4O3/c1-12-5-6-13(21(4,32)22(23,24)25)9-14(12)16-10-27-19-18(26)28-15(11-29(16)19)17(30)7-8-20(2,3)31/h5-6,9-11,31-32H,7-8H2,1-4H3,(H2,26,28)/i1D3. The van der Waals surface area contributed by atoms with E-state index in [1.54, 1.807) is 13.8 Å². The first-order valence-electron chi connectivity index (χ1n) is 11.2. The van der Waals surface area contributed by atoms with Gasteiger partial charge in [0.1, 0.15) is 5.69 Å². The van der Waals surface area contributed by atoms with E-state index in [9.17, 15) is 28.2 Å². The maximum absolute atomic E-state index is 13.5. The minimum atomic E-state index is -5.03. The number of carbonyl (C=O) groups excluding carboxylic acids is 1. The summed E-state index contributed by atoms with van der Waals surface area (Å²) in [5.74, 6) is -0.607. The molecule has 2 heterocycles. The topological polar surface area (TPSA) is 114 Å². The van der Waals surface area contributed by atoms with Crippen molar-refractivity contribution in [1.82, 2.24) is 14.4 Å². The number of ketones is 1. The highest BCUT2D eigenvalue weighted by Crippen LogP contribution is 2.40. The van der Waals surface area contributed by atoms with Crippen LogP contribution >= 0.6 is 0 Å². The molecule has 1 unspecified atom stereocenters. The van der Waals surface area contributed by atoms with E-state index in [2.05, 4.69) is 9.97 Å². The van der Waals surface area contributed by atoms with Gasteiger partial charge < -0.3 is 15.9 Å². The van der Waals surface area contributed by atoms with Crippen molar-refractivity contribution in [2.45, 2.75) is 57.8 Å². The van der Waals surface area contributed by atoms with Crippen LogP contribution in [-0.4, -0.2) is 42.1 Å². The maximum atomic E-state index is 13.5. The number of aliphatic hydroxyl groups is 2. The summed E-state index contributed by atoms with van der Waals surface area (Å²) in [6, 6.07) is 2.84. The van der Waals surface area contributed by atoms with Crippen LogP contribution in [0.3, 0.4) is 0 Å². The summed E-state index contributed by atoms with van der Waals surface area (Å²) in [5, 5.41) is 20.0. The van der Waals surface area contributed by atoms with Gasteiger partial charge in [0.2, 0.25) is 0 Å². The van der Waals surface area contributed by atoms with E-state index in [1.165, 1.54) is 16.8 Å². The maximum Gasteiger partial charge on any atom is 0.421 e. The number of rotatable bonds is 6. The van der Waals surface area contributed by atoms with E-state index >= 15 is 0 Å². The molecule has 1 aromatic carbocycles. The number of carbonyl (C=O) groups is 1. The summed E-state index contributed by atoms with van der Waals surface area (Å²) >= 11 is 0. The zero-order valence-electron chi connectivity index (χ0n) is 20.7. The third-order valence-corrected chi connectivity index (χ3v) is 5.18. The van der Waals surface area contributed by atoms with E-state index in [-0.39, 0.29) is 46.8 Å². The van der Waals surface area contributed by atoms with Crippen molar-refractivity contribution in [2.24, 2.45) is 0 Å². The Labute approximate surface area is 186 Å². The molecule has 0 saturated carbocycles. The molecule has 0 amide bonds. The number of Topliss-reactive ketones (excluding diaryl/α,β-unsaturated/α-hetero) is 1. The molecular weight excluding hydrogens is 425 g/mol. The Morgan fingerprint density at radius 1 is 1.25 bits per heavy atom. The first kappa shape index (κ1) is 19.7. The van der Waals surface area contributed by atoms with Crippen molar-refractivity contribution in [3.8, 4) is 11.3 Å². The molecule has 0 aliphatic rings. The summed E-state index contributed by atoms with van der Waals surface area (Å²) in [6.07, 6.45) is -2.48. The summed E-state index contributed by atoms with van der Waals surface area (Å²) < 4.78 is 65.2. The van der Waals surface area contributed by atoms with Gasteiger partial charge in [-0.05, 0) is 51.2 Å². The Balaban J connectivity index is 2.23. The normalized spacial score (nSPS) is 16.3. The second kappa shape index (κ2) is 7.86. The largest absolute Gasteiger partial charge is 0.421 e. The molecule has 4 N–H and O–H groups in total. The van der Waals surface area contributed by atoms with Crippen molar-refractivity contribution < 1.29 is 32.3 Å². The van der Waals surface area contributed by atoms with Crippen LogP contribution in [0.15, 0.2) is 30.6 Å². The Morgan fingerprint density at radius 3 is 2.53 bits per heavy atom. The summed E-state index contributed by atoms with van der Waals surface area (Å²) in [7, 11) is 0. The number of aromatic nitrogens is 3. The summed E-state index contributed by atoms with van der Waals surface area (Å²) in [4.78, 5) is 20.8. The van der Waals surface area contributed by atoms with Crippen LogP contribution in [0, 0.1) is 6.85 Å². The second-order valence-electron chi connectivity index (χ2n) is 8.41. The molecule has 0 spiro atoms.